The van der Waals surface area contributed by atoms with Gasteiger partial charge in [-0.3, -0.25) is 14.2 Å². The smallest absolute Gasteiger partial charge is 0.232 e. The van der Waals surface area contributed by atoms with E-state index in [1.165, 1.54) is 12.3 Å². The standard InChI is InChI=1S/C20H24F2N6O/c1-12(2)24-19-26-18(13-4-3-5-15(29)10-13)27-20(28-19)25-14-7-9-23-17(11-14)16(22)6-8-21/h7,9-12,16H,3-6,8H2,1-2H3,(H2,23,24,25,26,27,28). The normalized spacial score (nSPS) is 15.2. The number of allylic oxidation sites excluding steroid dienone is 2. The lowest BCUT2D eigenvalue weighted by Gasteiger charge is -2.15. The summed E-state index contributed by atoms with van der Waals surface area (Å²) in [6.07, 6.45) is 3.30. The zero-order valence-electron chi connectivity index (χ0n) is 16.5. The number of nitrogens with zero attached hydrogens (tertiary/aromatic N) is 4. The second kappa shape index (κ2) is 9.49. The monoisotopic (exact) mass is 402 g/mol. The first-order valence-corrected chi connectivity index (χ1v) is 9.64. The van der Waals surface area contributed by atoms with Gasteiger partial charge in [-0.2, -0.15) is 15.0 Å². The molecule has 2 heterocycles. The summed E-state index contributed by atoms with van der Waals surface area (Å²) in [7, 11) is 0. The van der Waals surface area contributed by atoms with Crippen LogP contribution in [0, 0.1) is 0 Å². The van der Waals surface area contributed by atoms with Crippen LogP contribution in [-0.4, -0.2) is 38.4 Å². The minimum absolute atomic E-state index is 0.0557. The summed E-state index contributed by atoms with van der Waals surface area (Å²) >= 11 is 0. The molecule has 1 aliphatic carbocycles. The number of alkyl halides is 2. The van der Waals surface area contributed by atoms with Crippen LogP contribution in [0.15, 0.2) is 24.4 Å². The topological polar surface area (TPSA) is 92.7 Å². The number of pyridine rings is 1. The van der Waals surface area contributed by atoms with Crippen molar-refractivity contribution in [3.63, 3.8) is 0 Å². The summed E-state index contributed by atoms with van der Waals surface area (Å²) in [6.45, 7) is 3.16. The fourth-order valence-electron chi connectivity index (χ4n) is 2.94. The molecule has 1 unspecified atom stereocenters. The summed E-state index contributed by atoms with van der Waals surface area (Å²) in [4.78, 5) is 29.0. The molecule has 2 aromatic rings. The van der Waals surface area contributed by atoms with Crippen molar-refractivity contribution in [2.45, 2.75) is 51.7 Å². The van der Waals surface area contributed by atoms with Crippen LogP contribution in [0.25, 0.3) is 5.57 Å². The molecule has 29 heavy (non-hydrogen) atoms. The third-order valence-electron chi connectivity index (χ3n) is 4.27. The van der Waals surface area contributed by atoms with E-state index in [1.54, 1.807) is 12.1 Å². The number of carbonyl (C=O) groups excluding carboxylic acids is 1. The Morgan fingerprint density at radius 1 is 1.17 bits per heavy atom. The van der Waals surface area contributed by atoms with Gasteiger partial charge < -0.3 is 10.6 Å². The van der Waals surface area contributed by atoms with Crippen molar-refractivity contribution in [2.75, 3.05) is 17.3 Å². The average molecular weight is 402 g/mol. The fourth-order valence-corrected chi connectivity index (χ4v) is 2.94. The van der Waals surface area contributed by atoms with E-state index in [-0.39, 0.29) is 29.9 Å². The molecule has 2 aromatic heterocycles. The molecule has 2 N–H and O–H groups in total. The van der Waals surface area contributed by atoms with Crippen molar-refractivity contribution < 1.29 is 13.6 Å². The van der Waals surface area contributed by atoms with E-state index in [1.807, 2.05) is 13.8 Å². The predicted molar refractivity (Wildman–Crippen MR) is 107 cm³/mol. The first kappa shape index (κ1) is 20.8. The van der Waals surface area contributed by atoms with E-state index in [4.69, 9.17) is 0 Å². The van der Waals surface area contributed by atoms with E-state index < -0.39 is 12.8 Å². The molecule has 0 bridgehead atoms. The fraction of sp³-hybridized carbons (Fsp3) is 0.450. The predicted octanol–water partition coefficient (Wildman–Crippen LogP) is 4.34. The molecule has 0 radical (unpaired) electrons. The molecule has 9 heteroatoms. The molecule has 0 aromatic carbocycles. The van der Waals surface area contributed by atoms with Gasteiger partial charge in [-0.05, 0) is 44.9 Å². The summed E-state index contributed by atoms with van der Waals surface area (Å²) in [5.74, 6) is 1.12. The summed E-state index contributed by atoms with van der Waals surface area (Å²) in [5, 5.41) is 6.17. The molecule has 0 saturated carbocycles. The third-order valence-corrected chi connectivity index (χ3v) is 4.27. The SMILES string of the molecule is CC(C)Nc1nc(Nc2ccnc(C(F)CCF)c2)nc(C2=CC(=O)CCC2)n1. The highest BCUT2D eigenvalue weighted by molar-refractivity contribution is 5.97. The molecule has 7 nitrogen and oxygen atoms in total. The van der Waals surface area contributed by atoms with Gasteiger partial charge in [0.25, 0.3) is 0 Å². The van der Waals surface area contributed by atoms with Gasteiger partial charge in [0, 0.05) is 36.3 Å². The lowest BCUT2D eigenvalue weighted by atomic mass is 9.98. The molecular formula is C20H24F2N6O. The maximum atomic E-state index is 14.0. The summed E-state index contributed by atoms with van der Waals surface area (Å²) in [5.41, 5.74) is 1.43. The van der Waals surface area contributed by atoms with E-state index in [9.17, 15) is 13.6 Å². The highest BCUT2D eigenvalue weighted by Crippen LogP contribution is 2.26. The second-order valence-electron chi connectivity index (χ2n) is 7.13. The molecule has 0 saturated heterocycles. The first-order chi connectivity index (χ1) is 13.9. The molecule has 0 aliphatic heterocycles. The molecule has 3 rings (SSSR count). The van der Waals surface area contributed by atoms with Gasteiger partial charge >= 0.3 is 0 Å². The summed E-state index contributed by atoms with van der Waals surface area (Å²) < 4.78 is 26.4. The Bertz CT molecular complexity index is 902. The Labute approximate surface area is 168 Å². The molecule has 1 atom stereocenters. The van der Waals surface area contributed by atoms with Crippen molar-refractivity contribution in [3.8, 4) is 0 Å². The number of anilines is 3. The van der Waals surface area contributed by atoms with Crippen LogP contribution in [0.3, 0.4) is 0 Å². The van der Waals surface area contributed by atoms with Gasteiger partial charge in [0.2, 0.25) is 11.9 Å². The highest BCUT2D eigenvalue weighted by atomic mass is 19.1. The lowest BCUT2D eigenvalue weighted by molar-refractivity contribution is -0.114. The number of nitrogens with one attached hydrogen (secondary N) is 2. The van der Waals surface area contributed by atoms with Crippen LogP contribution >= 0.6 is 0 Å². The van der Waals surface area contributed by atoms with Gasteiger partial charge in [0.1, 0.15) is 6.17 Å². The minimum atomic E-state index is -1.48. The van der Waals surface area contributed by atoms with Crippen molar-refractivity contribution in [1.29, 1.82) is 0 Å². The van der Waals surface area contributed by atoms with Crippen molar-refractivity contribution in [1.82, 2.24) is 19.9 Å². The van der Waals surface area contributed by atoms with Crippen LogP contribution in [0.5, 0.6) is 0 Å². The Morgan fingerprint density at radius 2 is 1.97 bits per heavy atom. The van der Waals surface area contributed by atoms with E-state index >= 15 is 0 Å². The van der Waals surface area contributed by atoms with Crippen LogP contribution < -0.4 is 10.6 Å². The van der Waals surface area contributed by atoms with Crippen LogP contribution in [0.1, 0.15) is 57.2 Å². The maximum absolute atomic E-state index is 14.0. The number of rotatable bonds is 8. The lowest BCUT2D eigenvalue weighted by Crippen LogP contribution is -2.16. The first-order valence-electron chi connectivity index (χ1n) is 9.64. The third kappa shape index (κ3) is 5.75. The van der Waals surface area contributed by atoms with Crippen molar-refractivity contribution >= 4 is 28.9 Å². The number of carbonyl (C=O) groups is 1. The number of halogens is 2. The summed E-state index contributed by atoms with van der Waals surface area (Å²) in [6, 6.07) is 3.25. The van der Waals surface area contributed by atoms with Gasteiger partial charge in [0.05, 0.1) is 12.4 Å². The van der Waals surface area contributed by atoms with Gasteiger partial charge in [-0.1, -0.05) is 0 Å². The van der Waals surface area contributed by atoms with E-state index in [0.717, 1.165) is 12.0 Å². The highest BCUT2D eigenvalue weighted by Gasteiger charge is 2.17. The van der Waals surface area contributed by atoms with Gasteiger partial charge in [-0.25, -0.2) is 4.39 Å². The van der Waals surface area contributed by atoms with E-state index in [0.29, 0.717) is 30.3 Å². The van der Waals surface area contributed by atoms with Gasteiger partial charge in [-0.15, -0.1) is 0 Å². The Balaban J connectivity index is 1.91. The van der Waals surface area contributed by atoms with E-state index in [2.05, 4.69) is 30.6 Å². The molecule has 0 spiro atoms. The zero-order chi connectivity index (χ0) is 20.8. The molecular weight excluding hydrogens is 378 g/mol. The zero-order valence-corrected chi connectivity index (χ0v) is 16.5. The molecule has 154 valence electrons. The van der Waals surface area contributed by atoms with Crippen molar-refractivity contribution in [2.24, 2.45) is 0 Å². The number of aromatic nitrogens is 4. The Hall–Kier alpha value is -2.97. The largest absolute Gasteiger partial charge is 0.352 e. The number of hydrogen-bond acceptors (Lipinski definition) is 7. The van der Waals surface area contributed by atoms with Crippen LogP contribution in [0.2, 0.25) is 0 Å². The van der Waals surface area contributed by atoms with Crippen molar-refractivity contribution in [3.05, 3.63) is 35.9 Å². The Kier molecular flexibility index (Phi) is 6.79. The maximum Gasteiger partial charge on any atom is 0.232 e. The average Bonchev–Trinajstić information content (AvgIpc) is 2.67. The Morgan fingerprint density at radius 3 is 2.69 bits per heavy atom. The molecule has 0 amide bonds. The molecule has 0 fully saturated rings. The van der Waals surface area contributed by atoms with Gasteiger partial charge in [0.15, 0.2) is 11.6 Å². The minimum Gasteiger partial charge on any atom is -0.352 e. The van der Waals surface area contributed by atoms with Crippen LogP contribution in [0.4, 0.5) is 26.4 Å². The number of hydrogen-bond donors (Lipinski definition) is 2. The molecule has 1 aliphatic rings. The second-order valence-corrected chi connectivity index (χ2v) is 7.13. The van der Waals surface area contributed by atoms with Crippen LogP contribution in [-0.2, 0) is 4.79 Å². The quantitative estimate of drug-likeness (QED) is 0.678. The number of ketones is 1.